The average molecular weight is 314 g/mol. The van der Waals surface area contributed by atoms with Crippen molar-refractivity contribution in [3.05, 3.63) is 50.7 Å². The first kappa shape index (κ1) is 16.0. The maximum Gasteiger partial charge on any atom is 0.333 e. The molecule has 0 atom stereocenters. The highest BCUT2D eigenvalue weighted by Gasteiger charge is 2.17. The number of anilines is 1. The molecular weight excluding hydrogens is 300 g/mol. The highest BCUT2D eigenvalue weighted by molar-refractivity contribution is 5.88. The second-order valence-corrected chi connectivity index (χ2v) is 4.81. The number of carbonyl (C=O) groups excluding carboxylic acids is 1. The Morgan fingerprint density at radius 1 is 1.17 bits per heavy atom. The topological polar surface area (TPSA) is 106 Å². The number of ether oxygens (including phenoxy) is 1. The van der Waals surface area contributed by atoms with E-state index in [1.54, 1.807) is 30.3 Å². The summed E-state index contributed by atoms with van der Waals surface area (Å²) in [6, 6.07) is 8.05. The number of nitrogens with one attached hydrogen (secondary N) is 1. The monoisotopic (exact) mass is 314 g/mol. The van der Waals surface area contributed by atoms with Crippen molar-refractivity contribution >= 4 is 11.6 Å². The average Bonchev–Trinajstić information content (AvgIpc) is 2.52. The van der Waals surface area contributed by atoms with Gasteiger partial charge in [-0.2, -0.15) is 5.26 Å². The number of hydrogen-bond acceptors (Lipinski definition) is 5. The molecule has 118 valence electrons. The first-order valence-electron chi connectivity index (χ1n) is 6.60. The van der Waals surface area contributed by atoms with E-state index in [0.717, 1.165) is 9.13 Å². The highest BCUT2D eigenvalue weighted by atomic mass is 16.5. The van der Waals surface area contributed by atoms with E-state index < -0.39 is 11.2 Å². The van der Waals surface area contributed by atoms with Gasteiger partial charge in [-0.15, -0.1) is 0 Å². The van der Waals surface area contributed by atoms with Crippen LogP contribution in [0.15, 0.2) is 33.9 Å². The number of benzene rings is 1. The molecule has 1 N–H and O–H groups in total. The molecule has 1 aromatic carbocycles. The number of amides is 1. The molecule has 2 rings (SSSR count). The molecule has 0 unspecified atom stereocenters. The second kappa shape index (κ2) is 6.19. The molecule has 1 heterocycles. The summed E-state index contributed by atoms with van der Waals surface area (Å²) in [6.45, 7) is 1.39. The number of carbonyl (C=O) groups is 1. The van der Waals surface area contributed by atoms with Gasteiger partial charge in [0, 0.05) is 26.7 Å². The van der Waals surface area contributed by atoms with Gasteiger partial charge in [0.2, 0.25) is 11.8 Å². The van der Waals surface area contributed by atoms with Crippen LogP contribution < -0.4 is 21.3 Å². The SMILES string of the molecule is CC(=O)Nc1ccc(Oc2c(C#N)c(=O)n(C)c(=O)n2C)cc1. The van der Waals surface area contributed by atoms with E-state index in [0.29, 0.717) is 11.4 Å². The van der Waals surface area contributed by atoms with E-state index in [1.165, 1.54) is 21.0 Å². The molecule has 0 bridgehead atoms. The zero-order chi connectivity index (χ0) is 17.1. The molecule has 0 saturated heterocycles. The van der Waals surface area contributed by atoms with E-state index >= 15 is 0 Å². The molecule has 0 radical (unpaired) electrons. The predicted octanol–water partition coefficient (Wildman–Crippen LogP) is 0.706. The van der Waals surface area contributed by atoms with Crippen molar-refractivity contribution in [2.45, 2.75) is 6.92 Å². The van der Waals surface area contributed by atoms with Gasteiger partial charge in [0.1, 0.15) is 11.8 Å². The molecule has 1 amide bonds. The number of rotatable bonds is 3. The lowest BCUT2D eigenvalue weighted by atomic mass is 10.3. The van der Waals surface area contributed by atoms with Crippen LogP contribution in [0.2, 0.25) is 0 Å². The van der Waals surface area contributed by atoms with Crippen molar-refractivity contribution in [1.82, 2.24) is 9.13 Å². The maximum atomic E-state index is 12.0. The van der Waals surface area contributed by atoms with E-state index in [9.17, 15) is 14.4 Å². The van der Waals surface area contributed by atoms with Crippen molar-refractivity contribution < 1.29 is 9.53 Å². The molecule has 0 aliphatic rings. The van der Waals surface area contributed by atoms with Crippen LogP contribution in [0.5, 0.6) is 11.6 Å². The lowest BCUT2D eigenvalue weighted by Crippen LogP contribution is -2.38. The molecular formula is C15H14N4O4. The van der Waals surface area contributed by atoms with Crippen LogP contribution in [0.3, 0.4) is 0 Å². The molecule has 0 aliphatic heterocycles. The predicted molar refractivity (Wildman–Crippen MR) is 82.5 cm³/mol. The van der Waals surface area contributed by atoms with Gasteiger partial charge in [-0.1, -0.05) is 0 Å². The lowest BCUT2D eigenvalue weighted by molar-refractivity contribution is -0.114. The van der Waals surface area contributed by atoms with E-state index in [1.807, 2.05) is 0 Å². The smallest absolute Gasteiger partial charge is 0.333 e. The van der Waals surface area contributed by atoms with Crippen molar-refractivity contribution in [3.63, 3.8) is 0 Å². The van der Waals surface area contributed by atoms with Gasteiger partial charge in [-0.3, -0.25) is 18.7 Å². The fourth-order valence-corrected chi connectivity index (χ4v) is 1.96. The van der Waals surface area contributed by atoms with Crippen LogP contribution in [-0.2, 0) is 18.9 Å². The Kier molecular flexibility index (Phi) is 4.32. The maximum absolute atomic E-state index is 12.0. The molecule has 23 heavy (non-hydrogen) atoms. The normalized spacial score (nSPS) is 10.0. The summed E-state index contributed by atoms with van der Waals surface area (Å²) in [7, 11) is 2.70. The van der Waals surface area contributed by atoms with E-state index in [-0.39, 0.29) is 17.4 Å². The fourth-order valence-electron chi connectivity index (χ4n) is 1.96. The van der Waals surface area contributed by atoms with Gasteiger partial charge in [0.15, 0.2) is 5.56 Å². The molecule has 0 fully saturated rings. The van der Waals surface area contributed by atoms with Crippen LogP contribution in [0.25, 0.3) is 0 Å². The number of nitrogens with zero attached hydrogens (tertiary/aromatic N) is 3. The van der Waals surface area contributed by atoms with Gasteiger partial charge in [0.05, 0.1) is 0 Å². The Bertz CT molecular complexity index is 917. The summed E-state index contributed by atoms with van der Waals surface area (Å²) >= 11 is 0. The van der Waals surface area contributed by atoms with Gasteiger partial charge < -0.3 is 10.1 Å². The molecule has 0 saturated carbocycles. The second-order valence-electron chi connectivity index (χ2n) is 4.81. The Morgan fingerprint density at radius 2 is 1.78 bits per heavy atom. The molecule has 0 spiro atoms. The van der Waals surface area contributed by atoms with Gasteiger partial charge in [-0.05, 0) is 24.3 Å². The van der Waals surface area contributed by atoms with Gasteiger partial charge >= 0.3 is 5.69 Å². The van der Waals surface area contributed by atoms with E-state index in [2.05, 4.69) is 5.32 Å². The van der Waals surface area contributed by atoms with Crippen LogP contribution in [0, 0.1) is 11.3 Å². The number of aromatic nitrogens is 2. The minimum Gasteiger partial charge on any atom is -0.439 e. The summed E-state index contributed by atoms with van der Waals surface area (Å²) < 4.78 is 7.45. The van der Waals surface area contributed by atoms with Crippen LogP contribution >= 0.6 is 0 Å². The molecule has 8 heteroatoms. The number of nitriles is 1. The minimum atomic E-state index is -0.722. The third-order valence-electron chi connectivity index (χ3n) is 3.11. The largest absolute Gasteiger partial charge is 0.439 e. The third-order valence-corrected chi connectivity index (χ3v) is 3.11. The highest BCUT2D eigenvalue weighted by Crippen LogP contribution is 2.23. The van der Waals surface area contributed by atoms with Crippen molar-refractivity contribution in [2.75, 3.05) is 5.32 Å². The first-order chi connectivity index (χ1) is 10.8. The van der Waals surface area contributed by atoms with Crippen molar-refractivity contribution in [3.8, 4) is 17.7 Å². The quantitative estimate of drug-likeness (QED) is 0.898. The Labute approximate surface area is 131 Å². The van der Waals surface area contributed by atoms with Crippen LogP contribution in [0.1, 0.15) is 12.5 Å². The summed E-state index contributed by atoms with van der Waals surface area (Å²) in [4.78, 5) is 34.9. The molecule has 0 aliphatic carbocycles. The van der Waals surface area contributed by atoms with Crippen molar-refractivity contribution in [1.29, 1.82) is 5.26 Å². The summed E-state index contributed by atoms with van der Waals surface area (Å²) in [6.07, 6.45) is 0. The fraction of sp³-hybridized carbons (Fsp3) is 0.200. The number of hydrogen-bond donors (Lipinski definition) is 1. The summed E-state index contributed by atoms with van der Waals surface area (Å²) in [5, 5.41) is 11.8. The molecule has 1 aromatic heterocycles. The Morgan fingerprint density at radius 3 is 2.30 bits per heavy atom. The third kappa shape index (κ3) is 3.13. The van der Waals surface area contributed by atoms with Gasteiger partial charge in [0.25, 0.3) is 5.56 Å². The first-order valence-corrected chi connectivity index (χ1v) is 6.60. The molecule has 2 aromatic rings. The lowest BCUT2D eigenvalue weighted by Gasteiger charge is -2.12. The zero-order valence-corrected chi connectivity index (χ0v) is 12.8. The minimum absolute atomic E-state index is 0.132. The van der Waals surface area contributed by atoms with Gasteiger partial charge in [-0.25, -0.2) is 4.79 Å². The summed E-state index contributed by atoms with van der Waals surface area (Å²) in [5.41, 5.74) is -1.01. The van der Waals surface area contributed by atoms with E-state index in [4.69, 9.17) is 10.00 Å². The van der Waals surface area contributed by atoms with Crippen molar-refractivity contribution in [2.24, 2.45) is 14.1 Å². The Hall–Kier alpha value is -3.34. The van der Waals surface area contributed by atoms with Crippen LogP contribution in [0.4, 0.5) is 5.69 Å². The standard InChI is InChI=1S/C15H14N4O4/c1-9(20)17-10-4-6-11(7-5-10)23-14-12(8-16)13(21)18(2)15(22)19(14)3/h4-7H,1-3H3,(H,17,20). The summed E-state index contributed by atoms with van der Waals surface area (Å²) in [5.74, 6) is -0.0221. The molecule has 8 nitrogen and oxygen atoms in total. The zero-order valence-electron chi connectivity index (χ0n) is 12.8. The van der Waals surface area contributed by atoms with Crippen LogP contribution in [-0.4, -0.2) is 15.0 Å². The Balaban J connectivity index is 2.45.